The molecule has 0 fully saturated rings. The van der Waals surface area contributed by atoms with E-state index in [2.05, 4.69) is 17.4 Å². The lowest BCUT2D eigenvalue weighted by Crippen LogP contribution is -2.21. The highest BCUT2D eigenvalue weighted by molar-refractivity contribution is 5.19. The molecule has 3 heteroatoms. The standard InChI is InChI=1S/C15H19NO2/c17-10-4-9-15(13-6-2-1-3-7-13)16-12-14-8-5-11-18-14/h1-3,5-8,11,15-17H,4,9-10,12H2. The van der Waals surface area contributed by atoms with Crippen LogP contribution in [0.3, 0.4) is 0 Å². The van der Waals surface area contributed by atoms with Gasteiger partial charge in [-0.25, -0.2) is 0 Å². The zero-order valence-electron chi connectivity index (χ0n) is 10.4. The van der Waals surface area contributed by atoms with Crippen LogP contribution in [0.5, 0.6) is 0 Å². The Morgan fingerprint density at radius 1 is 1.11 bits per heavy atom. The fourth-order valence-corrected chi connectivity index (χ4v) is 2.00. The van der Waals surface area contributed by atoms with Crippen molar-refractivity contribution in [2.45, 2.75) is 25.4 Å². The van der Waals surface area contributed by atoms with E-state index in [-0.39, 0.29) is 12.6 Å². The Kier molecular flexibility index (Phi) is 5.00. The van der Waals surface area contributed by atoms with E-state index in [1.807, 2.05) is 30.3 Å². The smallest absolute Gasteiger partial charge is 0.117 e. The van der Waals surface area contributed by atoms with Crippen molar-refractivity contribution >= 4 is 0 Å². The van der Waals surface area contributed by atoms with Crippen LogP contribution in [0.15, 0.2) is 53.1 Å². The highest BCUT2D eigenvalue weighted by atomic mass is 16.3. The SMILES string of the molecule is OCCCC(NCc1ccco1)c1ccccc1. The summed E-state index contributed by atoms with van der Waals surface area (Å²) in [6.07, 6.45) is 3.40. The van der Waals surface area contributed by atoms with Crippen LogP contribution in [-0.2, 0) is 6.54 Å². The minimum absolute atomic E-state index is 0.228. The van der Waals surface area contributed by atoms with Gasteiger partial charge in [0.2, 0.25) is 0 Å². The van der Waals surface area contributed by atoms with E-state index in [1.165, 1.54) is 5.56 Å². The zero-order valence-corrected chi connectivity index (χ0v) is 10.4. The van der Waals surface area contributed by atoms with Gasteiger partial charge in [-0.05, 0) is 30.5 Å². The number of rotatable bonds is 7. The minimum atomic E-state index is 0.228. The Bertz CT molecular complexity index is 425. The highest BCUT2D eigenvalue weighted by Gasteiger charge is 2.10. The molecule has 96 valence electrons. The van der Waals surface area contributed by atoms with Gasteiger partial charge in [-0.1, -0.05) is 30.3 Å². The minimum Gasteiger partial charge on any atom is -0.468 e. The Hall–Kier alpha value is -1.58. The molecule has 0 aliphatic carbocycles. The molecule has 0 aliphatic rings. The molecule has 2 rings (SSSR count). The van der Waals surface area contributed by atoms with Crippen LogP contribution >= 0.6 is 0 Å². The molecule has 1 unspecified atom stereocenters. The molecule has 3 nitrogen and oxygen atoms in total. The molecule has 1 atom stereocenters. The van der Waals surface area contributed by atoms with Crippen molar-refractivity contribution in [2.24, 2.45) is 0 Å². The number of hydrogen-bond donors (Lipinski definition) is 2. The van der Waals surface area contributed by atoms with Crippen molar-refractivity contribution in [1.82, 2.24) is 5.32 Å². The molecule has 1 aromatic carbocycles. The third-order valence-electron chi connectivity index (χ3n) is 2.96. The third-order valence-corrected chi connectivity index (χ3v) is 2.96. The van der Waals surface area contributed by atoms with Crippen molar-refractivity contribution < 1.29 is 9.52 Å². The third kappa shape index (κ3) is 3.72. The van der Waals surface area contributed by atoms with Gasteiger partial charge in [-0.3, -0.25) is 0 Å². The van der Waals surface area contributed by atoms with Crippen LogP contribution in [0.2, 0.25) is 0 Å². The van der Waals surface area contributed by atoms with Crippen molar-refractivity contribution in [2.75, 3.05) is 6.61 Å². The summed E-state index contributed by atoms with van der Waals surface area (Å²) in [5.41, 5.74) is 1.25. The molecular formula is C15H19NO2. The van der Waals surface area contributed by atoms with Crippen LogP contribution in [-0.4, -0.2) is 11.7 Å². The summed E-state index contributed by atoms with van der Waals surface area (Å²) in [6.45, 7) is 0.934. The lowest BCUT2D eigenvalue weighted by molar-refractivity contribution is 0.274. The topological polar surface area (TPSA) is 45.4 Å². The van der Waals surface area contributed by atoms with Gasteiger partial charge in [-0.15, -0.1) is 0 Å². The lowest BCUT2D eigenvalue weighted by atomic mass is 10.0. The van der Waals surface area contributed by atoms with E-state index in [9.17, 15) is 0 Å². The van der Waals surface area contributed by atoms with Crippen LogP contribution in [0.4, 0.5) is 0 Å². The molecule has 0 aliphatic heterocycles. The molecule has 1 aromatic heterocycles. The Balaban J connectivity index is 1.96. The molecule has 0 saturated carbocycles. The Morgan fingerprint density at radius 2 is 1.94 bits per heavy atom. The summed E-state index contributed by atoms with van der Waals surface area (Å²) in [6, 6.07) is 14.4. The lowest BCUT2D eigenvalue weighted by Gasteiger charge is -2.18. The van der Waals surface area contributed by atoms with Crippen molar-refractivity contribution in [3.05, 3.63) is 60.1 Å². The first-order valence-corrected chi connectivity index (χ1v) is 6.31. The molecule has 1 heterocycles. The number of furan rings is 1. The molecular weight excluding hydrogens is 226 g/mol. The molecule has 0 bridgehead atoms. The van der Waals surface area contributed by atoms with E-state index >= 15 is 0 Å². The molecule has 0 saturated heterocycles. The van der Waals surface area contributed by atoms with Gasteiger partial charge >= 0.3 is 0 Å². The van der Waals surface area contributed by atoms with Gasteiger partial charge < -0.3 is 14.8 Å². The van der Waals surface area contributed by atoms with Gasteiger partial charge in [0.05, 0.1) is 12.8 Å². The number of nitrogens with one attached hydrogen (secondary N) is 1. The summed E-state index contributed by atoms with van der Waals surface area (Å²) < 4.78 is 5.31. The molecule has 0 amide bonds. The Morgan fingerprint density at radius 3 is 2.61 bits per heavy atom. The maximum Gasteiger partial charge on any atom is 0.117 e. The number of aliphatic hydroxyl groups excluding tert-OH is 1. The average molecular weight is 245 g/mol. The molecule has 2 N–H and O–H groups in total. The maximum absolute atomic E-state index is 8.97. The summed E-state index contributed by atoms with van der Waals surface area (Å²) in [5.74, 6) is 0.930. The van der Waals surface area contributed by atoms with Gasteiger partial charge in [-0.2, -0.15) is 0 Å². The quantitative estimate of drug-likeness (QED) is 0.788. The van der Waals surface area contributed by atoms with Crippen molar-refractivity contribution in [1.29, 1.82) is 0 Å². The van der Waals surface area contributed by atoms with Crippen LogP contribution < -0.4 is 5.32 Å². The average Bonchev–Trinajstić information content (AvgIpc) is 2.93. The first-order chi connectivity index (χ1) is 8.90. The van der Waals surface area contributed by atoms with Crippen LogP contribution in [0.25, 0.3) is 0 Å². The second-order valence-electron chi connectivity index (χ2n) is 4.29. The molecule has 0 spiro atoms. The van der Waals surface area contributed by atoms with Crippen LogP contribution in [0.1, 0.15) is 30.2 Å². The normalized spacial score (nSPS) is 12.5. The summed E-state index contributed by atoms with van der Waals surface area (Å²) in [7, 11) is 0. The van der Waals surface area contributed by atoms with Crippen molar-refractivity contribution in [3.63, 3.8) is 0 Å². The monoisotopic (exact) mass is 245 g/mol. The largest absolute Gasteiger partial charge is 0.468 e. The predicted octanol–water partition coefficient (Wildman–Crippen LogP) is 2.88. The maximum atomic E-state index is 8.97. The summed E-state index contributed by atoms with van der Waals surface area (Å²) in [5, 5.41) is 12.4. The van der Waals surface area contributed by atoms with Gasteiger partial charge in [0.1, 0.15) is 5.76 Å². The second-order valence-corrected chi connectivity index (χ2v) is 4.29. The summed E-state index contributed by atoms with van der Waals surface area (Å²) >= 11 is 0. The molecule has 0 radical (unpaired) electrons. The second kappa shape index (κ2) is 6.99. The number of benzene rings is 1. The first kappa shape index (κ1) is 12.9. The van der Waals surface area contributed by atoms with E-state index in [0.717, 1.165) is 18.6 Å². The molecule has 18 heavy (non-hydrogen) atoms. The van der Waals surface area contributed by atoms with E-state index in [1.54, 1.807) is 6.26 Å². The van der Waals surface area contributed by atoms with E-state index in [0.29, 0.717) is 6.54 Å². The van der Waals surface area contributed by atoms with Gasteiger partial charge in [0.15, 0.2) is 0 Å². The van der Waals surface area contributed by atoms with E-state index < -0.39 is 0 Å². The summed E-state index contributed by atoms with van der Waals surface area (Å²) in [4.78, 5) is 0. The number of hydrogen-bond acceptors (Lipinski definition) is 3. The number of aliphatic hydroxyl groups is 1. The van der Waals surface area contributed by atoms with E-state index in [4.69, 9.17) is 9.52 Å². The van der Waals surface area contributed by atoms with Crippen LogP contribution in [0, 0.1) is 0 Å². The van der Waals surface area contributed by atoms with Gasteiger partial charge in [0, 0.05) is 12.6 Å². The fourth-order valence-electron chi connectivity index (χ4n) is 2.00. The zero-order chi connectivity index (χ0) is 12.6. The first-order valence-electron chi connectivity index (χ1n) is 6.31. The highest BCUT2D eigenvalue weighted by Crippen LogP contribution is 2.18. The Labute approximate surface area is 107 Å². The molecule has 2 aromatic rings. The predicted molar refractivity (Wildman–Crippen MR) is 71.1 cm³/mol. The van der Waals surface area contributed by atoms with Crippen molar-refractivity contribution in [3.8, 4) is 0 Å². The fraction of sp³-hybridized carbons (Fsp3) is 0.333. The van der Waals surface area contributed by atoms with Gasteiger partial charge in [0.25, 0.3) is 0 Å².